The molecule has 1 unspecified atom stereocenters. The lowest BCUT2D eigenvalue weighted by molar-refractivity contribution is -0.139. The second kappa shape index (κ2) is 6.83. The fourth-order valence-corrected chi connectivity index (χ4v) is 2.89. The zero-order valence-corrected chi connectivity index (χ0v) is 14.5. The maximum Gasteiger partial charge on any atom is 0.331 e. The Bertz CT molecular complexity index is 977. The van der Waals surface area contributed by atoms with E-state index in [1.807, 2.05) is 0 Å². The van der Waals surface area contributed by atoms with Gasteiger partial charge in [0.05, 0.1) is 23.9 Å². The molecule has 0 bridgehead atoms. The van der Waals surface area contributed by atoms with Crippen LogP contribution in [0.1, 0.15) is 33.4 Å². The van der Waals surface area contributed by atoms with Gasteiger partial charge in [-0.25, -0.2) is 9.78 Å². The normalized spacial score (nSPS) is 12.0. The Morgan fingerprint density at radius 3 is 2.62 bits per heavy atom. The van der Waals surface area contributed by atoms with Crippen LogP contribution in [0.4, 0.5) is 0 Å². The number of nitrogens with one attached hydrogen (secondary N) is 2. The number of methoxy groups -OCH3 is 1. The topological polar surface area (TPSA) is 117 Å². The fraction of sp³-hybridized carbons (Fsp3) is 0.222. The van der Waals surface area contributed by atoms with Gasteiger partial charge in [0, 0.05) is 22.7 Å². The average molecular weight is 354 g/mol. The summed E-state index contributed by atoms with van der Waals surface area (Å²) in [6, 6.07) is 7.36. The lowest BCUT2D eigenvalue weighted by atomic mass is 10.0. The van der Waals surface area contributed by atoms with E-state index >= 15 is 0 Å². The van der Waals surface area contributed by atoms with Gasteiger partial charge in [-0.3, -0.25) is 9.89 Å². The molecule has 0 spiro atoms. The number of hydrogen-bond acceptors (Lipinski definition) is 5. The number of aryl methyl sites for hydroxylation is 2. The summed E-state index contributed by atoms with van der Waals surface area (Å²) < 4.78 is 5.15. The number of carbonyl (C=O) groups excluding carboxylic acids is 1. The second-order valence-electron chi connectivity index (χ2n) is 5.82. The van der Waals surface area contributed by atoms with E-state index in [1.54, 1.807) is 38.1 Å². The Labute approximate surface area is 149 Å². The van der Waals surface area contributed by atoms with Gasteiger partial charge >= 0.3 is 5.97 Å². The molecule has 3 rings (SSSR count). The lowest BCUT2D eigenvalue weighted by Gasteiger charge is -2.16. The Morgan fingerprint density at radius 1 is 1.27 bits per heavy atom. The number of para-hydroxylation sites is 1. The number of fused-ring (bicyclic) bond motifs is 1. The quantitative estimate of drug-likeness (QED) is 0.646. The minimum absolute atomic E-state index is 0.274. The second-order valence-corrected chi connectivity index (χ2v) is 5.82. The molecule has 0 fully saturated rings. The van der Waals surface area contributed by atoms with Crippen LogP contribution < -0.4 is 10.1 Å². The highest BCUT2D eigenvalue weighted by atomic mass is 16.5. The minimum atomic E-state index is -1.22. The number of aromatic amines is 1. The summed E-state index contributed by atoms with van der Waals surface area (Å²) in [5.41, 5.74) is 2.42. The SMILES string of the molecule is COc1cc(C(=O)NC(C(=O)O)c2c(C)n[nH]c2C)c2ccccc2n1. The summed E-state index contributed by atoms with van der Waals surface area (Å²) in [6.07, 6.45) is 0. The van der Waals surface area contributed by atoms with Crippen LogP contribution in [-0.2, 0) is 4.79 Å². The van der Waals surface area contributed by atoms with Crippen LogP contribution in [0, 0.1) is 13.8 Å². The van der Waals surface area contributed by atoms with Crippen LogP contribution in [0.5, 0.6) is 5.88 Å². The number of aromatic nitrogens is 3. The number of amides is 1. The Kier molecular flexibility index (Phi) is 4.57. The van der Waals surface area contributed by atoms with Crippen molar-refractivity contribution in [2.45, 2.75) is 19.9 Å². The smallest absolute Gasteiger partial charge is 0.331 e. The lowest BCUT2D eigenvalue weighted by Crippen LogP contribution is -2.34. The van der Waals surface area contributed by atoms with Crippen LogP contribution in [0.3, 0.4) is 0 Å². The predicted octanol–water partition coefficient (Wildman–Crippen LogP) is 2.14. The third kappa shape index (κ3) is 3.08. The van der Waals surface area contributed by atoms with E-state index < -0.39 is 17.9 Å². The van der Waals surface area contributed by atoms with Crippen molar-refractivity contribution in [3.05, 3.63) is 52.8 Å². The summed E-state index contributed by atoms with van der Waals surface area (Å²) >= 11 is 0. The highest BCUT2D eigenvalue weighted by Gasteiger charge is 2.28. The Morgan fingerprint density at radius 2 is 2.00 bits per heavy atom. The van der Waals surface area contributed by atoms with Crippen molar-refractivity contribution in [3.63, 3.8) is 0 Å². The van der Waals surface area contributed by atoms with Gasteiger partial charge in [0.15, 0.2) is 6.04 Å². The molecule has 1 aromatic carbocycles. The molecule has 3 N–H and O–H groups in total. The van der Waals surface area contributed by atoms with Crippen LogP contribution in [0.15, 0.2) is 30.3 Å². The van der Waals surface area contributed by atoms with E-state index in [9.17, 15) is 14.7 Å². The molecule has 2 aromatic heterocycles. The molecular weight excluding hydrogens is 336 g/mol. The van der Waals surface area contributed by atoms with Gasteiger partial charge in [0.2, 0.25) is 5.88 Å². The van der Waals surface area contributed by atoms with E-state index in [4.69, 9.17) is 4.74 Å². The molecule has 0 saturated carbocycles. The molecule has 1 amide bonds. The fourth-order valence-electron chi connectivity index (χ4n) is 2.89. The Balaban J connectivity index is 2.04. The third-order valence-corrected chi connectivity index (χ3v) is 4.14. The molecule has 0 aliphatic rings. The molecule has 0 aliphatic carbocycles. The van der Waals surface area contributed by atoms with Crippen LogP contribution >= 0.6 is 0 Å². The number of benzene rings is 1. The van der Waals surface area contributed by atoms with Crippen molar-refractivity contribution in [3.8, 4) is 5.88 Å². The molecule has 0 saturated heterocycles. The molecule has 8 nitrogen and oxygen atoms in total. The summed E-state index contributed by atoms with van der Waals surface area (Å²) in [5.74, 6) is -1.43. The first-order valence-corrected chi connectivity index (χ1v) is 7.91. The number of H-pyrrole nitrogens is 1. The number of nitrogens with zero attached hydrogens (tertiary/aromatic N) is 2. The zero-order valence-electron chi connectivity index (χ0n) is 14.5. The number of carboxylic acid groups (broad SMARTS) is 1. The predicted molar refractivity (Wildman–Crippen MR) is 94.2 cm³/mol. The van der Waals surface area contributed by atoms with Gasteiger partial charge < -0.3 is 15.2 Å². The molecule has 1 atom stereocenters. The molecule has 2 heterocycles. The van der Waals surface area contributed by atoms with Gasteiger partial charge in [-0.15, -0.1) is 0 Å². The number of hydrogen-bond donors (Lipinski definition) is 3. The molecular formula is C18H18N4O4. The van der Waals surface area contributed by atoms with Gasteiger partial charge in [0.25, 0.3) is 5.91 Å². The number of ether oxygens (including phenoxy) is 1. The summed E-state index contributed by atoms with van der Waals surface area (Å²) in [6.45, 7) is 3.40. The van der Waals surface area contributed by atoms with E-state index in [0.717, 1.165) is 0 Å². The monoisotopic (exact) mass is 354 g/mol. The first-order valence-electron chi connectivity index (χ1n) is 7.91. The van der Waals surface area contributed by atoms with Crippen molar-refractivity contribution in [2.24, 2.45) is 0 Å². The Hall–Kier alpha value is -3.42. The summed E-state index contributed by atoms with van der Waals surface area (Å²) in [4.78, 5) is 28.9. The number of carbonyl (C=O) groups is 2. The van der Waals surface area contributed by atoms with Crippen molar-refractivity contribution >= 4 is 22.8 Å². The van der Waals surface area contributed by atoms with E-state index in [1.165, 1.54) is 13.2 Å². The molecule has 0 radical (unpaired) electrons. The molecule has 3 aromatic rings. The van der Waals surface area contributed by atoms with Gasteiger partial charge in [0.1, 0.15) is 0 Å². The first-order chi connectivity index (χ1) is 12.4. The number of pyridine rings is 1. The maximum atomic E-state index is 12.9. The average Bonchev–Trinajstić information content (AvgIpc) is 2.96. The van der Waals surface area contributed by atoms with Gasteiger partial charge in [-0.05, 0) is 19.9 Å². The summed E-state index contributed by atoms with van der Waals surface area (Å²) in [7, 11) is 1.46. The van der Waals surface area contributed by atoms with Crippen molar-refractivity contribution < 1.29 is 19.4 Å². The standard InChI is InChI=1S/C18H18N4O4/c1-9-15(10(2)22-21-9)16(18(24)25)20-17(23)12-8-14(26-3)19-13-7-5-4-6-11(12)13/h4-8,16H,1-3H3,(H,20,23)(H,21,22)(H,24,25). The highest BCUT2D eigenvalue weighted by molar-refractivity contribution is 6.07. The van der Waals surface area contributed by atoms with Gasteiger partial charge in [-0.1, -0.05) is 18.2 Å². The van der Waals surface area contributed by atoms with E-state index in [2.05, 4.69) is 20.5 Å². The molecule has 26 heavy (non-hydrogen) atoms. The van der Waals surface area contributed by atoms with E-state index in [0.29, 0.717) is 27.9 Å². The molecule has 0 aliphatic heterocycles. The third-order valence-electron chi connectivity index (χ3n) is 4.14. The zero-order chi connectivity index (χ0) is 18.8. The van der Waals surface area contributed by atoms with Crippen molar-refractivity contribution in [1.82, 2.24) is 20.5 Å². The largest absolute Gasteiger partial charge is 0.481 e. The highest BCUT2D eigenvalue weighted by Crippen LogP contribution is 2.24. The summed E-state index contributed by atoms with van der Waals surface area (Å²) in [5, 5.41) is 19.5. The van der Waals surface area contributed by atoms with Crippen LogP contribution in [0.25, 0.3) is 10.9 Å². The van der Waals surface area contributed by atoms with Crippen LogP contribution in [0.2, 0.25) is 0 Å². The van der Waals surface area contributed by atoms with Crippen molar-refractivity contribution in [1.29, 1.82) is 0 Å². The molecule has 8 heteroatoms. The minimum Gasteiger partial charge on any atom is -0.481 e. The number of rotatable bonds is 5. The van der Waals surface area contributed by atoms with E-state index in [-0.39, 0.29) is 11.4 Å². The van der Waals surface area contributed by atoms with Gasteiger partial charge in [-0.2, -0.15) is 5.10 Å². The maximum absolute atomic E-state index is 12.9. The first kappa shape index (κ1) is 17.4. The number of carboxylic acids is 1. The molecule has 134 valence electrons. The van der Waals surface area contributed by atoms with Crippen molar-refractivity contribution in [2.75, 3.05) is 7.11 Å². The number of aliphatic carboxylic acids is 1. The van der Waals surface area contributed by atoms with Crippen LogP contribution in [-0.4, -0.2) is 39.3 Å².